The fraction of sp³-hybridized carbons (Fsp3) is 1.00. The quantitative estimate of drug-likeness (QED) is 0.694. The van der Waals surface area contributed by atoms with Gasteiger partial charge in [0, 0.05) is 13.1 Å². The van der Waals surface area contributed by atoms with Gasteiger partial charge in [-0.05, 0) is 19.8 Å². The number of aliphatic hydroxyl groups is 1. The van der Waals surface area contributed by atoms with E-state index in [1.807, 2.05) is 6.92 Å². The summed E-state index contributed by atoms with van der Waals surface area (Å²) < 4.78 is 10.5. The molecule has 0 bridgehead atoms. The van der Waals surface area contributed by atoms with Gasteiger partial charge >= 0.3 is 0 Å². The first kappa shape index (κ1) is 12.9. The molecule has 15 heavy (non-hydrogen) atoms. The molecule has 2 N–H and O–H groups in total. The molecule has 90 valence electrons. The van der Waals surface area contributed by atoms with E-state index in [-0.39, 0.29) is 6.10 Å². The van der Waals surface area contributed by atoms with Crippen molar-refractivity contribution < 1.29 is 14.6 Å². The zero-order valence-electron chi connectivity index (χ0n) is 9.79. The molecule has 0 radical (unpaired) electrons. The maximum absolute atomic E-state index is 9.92. The zero-order valence-corrected chi connectivity index (χ0v) is 9.79. The lowest BCUT2D eigenvalue weighted by Gasteiger charge is -2.26. The Morgan fingerprint density at radius 2 is 2.33 bits per heavy atom. The van der Waals surface area contributed by atoms with Crippen molar-refractivity contribution in [2.45, 2.75) is 44.8 Å². The van der Waals surface area contributed by atoms with Gasteiger partial charge in [0.2, 0.25) is 0 Å². The molecule has 0 aromatic rings. The topological polar surface area (TPSA) is 50.7 Å². The summed E-state index contributed by atoms with van der Waals surface area (Å²) in [5.74, 6) is 0. The van der Waals surface area contributed by atoms with Crippen LogP contribution in [0.5, 0.6) is 0 Å². The Labute approximate surface area is 92.0 Å². The van der Waals surface area contributed by atoms with Gasteiger partial charge in [0.1, 0.15) is 6.79 Å². The minimum atomic E-state index is -0.597. The largest absolute Gasteiger partial charge is 0.389 e. The van der Waals surface area contributed by atoms with Gasteiger partial charge in [-0.3, -0.25) is 0 Å². The van der Waals surface area contributed by atoms with Gasteiger partial charge in [-0.1, -0.05) is 13.3 Å². The van der Waals surface area contributed by atoms with E-state index >= 15 is 0 Å². The van der Waals surface area contributed by atoms with Crippen LogP contribution in [0.3, 0.4) is 0 Å². The van der Waals surface area contributed by atoms with Gasteiger partial charge in [-0.2, -0.15) is 0 Å². The van der Waals surface area contributed by atoms with Crippen LogP contribution in [-0.2, 0) is 9.47 Å². The first-order valence-electron chi connectivity index (χ1n) is 5.76. The summed E-state index contributed by atoms with van der Waals surface area (Å²) in [7, 11) is 0. The molecule has 4 heteroatoms. The van der Waals surface area contributed by atoms with Crippen LogP contribution in [0, 0.1) is 0 Å². The molecule has 1 aliphatic heterocycles. The molecule has 0 saturated carbocycles. The minimum absolute atomic E-state index is 0.233. The van der Waals surface area contributed by atoms with Crippen molar-refractivity contribution in [1.29, 1.82) is 0 Å². The van der Waals surface area contributed by atoms with E-state index in [4.69, 9.17) is 9.47 Å². The molecule has 2 unspecified atom stereocenters. The third kappa shape index (κ3) is 5.47. The number of hydrogen-bond donors (Lipinski definition) is 2. The molecule has 1 fully saturated rings. The van der Waals surface area contributed by atoms with Crippen LogP contribution in [0.2, 0.25) is 0 Å². The van der Waals surface area contributed by atoms with Crippen molar-refractivity contribution in [3.8, 4) is 0 Å². The summed E-state index contributed by atoms with van der Waals surface area (Å²) in [5.41, 5.74) is -0.597. The van der Waals surface area contributed by atoms with E-state index in [0.29, 0.717) is 13.3 Å². The normalized spacial score (nSPS) is 26.2. The lowest BCUT2D eigenvalue weighted by molar-refractivity contribution is -0.137. The van der Waals surface area contributed by atoms with Crippen molar-refractivity contribution in [3.05, 3.63) is 0 Å². The maximum atomic E-state index is 9.92. The molecule has 2 atom stereocenters. The van der Waals surface area contributed by atoms with Crippen molar-refractivity contribution >= 4 is 0 Å². The smallest absolute Gasteiger partial charge is 0.147 e. The summed E-state index contributed by atoms with van der Waals surface area (Å²) in [6.07, 6.45) is 3.00. The Morgan fingerprint density at radius 1 is 1.53 bits per heavy atom. The molecule has 1 rings (SSSR count). The van der Waals surface area contributed by atoms with Crippen LogP contribution in [0.25, 0.3) is 0 Å². The predicted octanol–water partition coefficient (Wildman–Crippen LogP) is 0.890. The summed E-state index contributed by atoms with van der Waals surface area (Å²) in [5, 5.41) is 13.2. The second kappa shape index (κ2) is 6.43. The van der Waals surface area contributed by atoms with Crippen molar-refractivity contribution in [1.82, 2.24) is 5.32 Å². The first-order chi connectivity index (χ1) is 7.14. The Morgan fingerprint density at radius 3 is 2.93 bits per heavy atom. The molecule has 1 saturated heterocycles. The molecule has 0 aliphatic carbocycles. The third-order valence-electron chi connectivity index (χ3n) is 2.64. The summed E-state index contributed by atoms with van der Waals surface area (Å²) in [4.78, 5) is 0. The molecular weight excluding hydrogens is 194 g/mol. The maximum Gasteiger partial charge on any atom is 0.147 e. The average Bonchev–Trinajstić information content (AvgIpc) is 2.19. The molecule has 0 amide bonds. The highest BCUT2D eigenvalue weighted by atomic mass is 16.7. The fourth-order valence-corrected chi connectivity index (χ4v) is 1.79. The number of ether oxygens (including phenoxy) is 2. The van der Waals surface area contributed by atoms with Gasteiger partial charge in [-0.25, -0.2) is 0 Å². The van der Waals surface area contributed by atoms with Crippen LogP contribution < -0.4 is 5.32 Å². The highest BCUT2D eigenvalue weighted by Crippen LogP contribution is 2.10. The van der Waals surface area contributed by atoms with E-state index < -0.39 is 5.60 Å². The number of hydrogen-bond acceptors (Lipinski definition) is 4. The van der Waals surface area contributed by atoms with Crippen molar-refractivity contribution in [2.75, 3.05) is 26.5 Å². The third-order valence-corrected chi connectivity index (χ3v) is 2.64. The predicted molar refractivity (Wildman–Crippen MR) is 58.7 cm³/mol. The summed E-state index contributed by atoms with van der Waals surface area (Å²) >= 11 is 0. The molecule has 0 aromatic carbocycles. The average molecular weight is 217 g/mol. The van der Waals surface area contributed by atoms with Crippen LogP contribution >= 0.6 is 0 Å². The molecule has 1 heterocycles. The highest BCUT2D eigenvalue weighted by Gasteiger charge is 2.20. The van der Waals surface area contributed by atoms with Crippen molar-refractivity contribution in [3.63, 3.8) is 0 Å². The molecule has 4 nitrogen and oxygen atoms in total. The second-order valence-electron chi connectivity index (χ2n) is 4.48. The molecule has 1 aliphatic rings. The van der Waals surface area contributed by atoms with E-state index in [2.05, 4.69) is 12.2 Å². The molecule has 0 aromatic heterocycles. The van der Waals surface area contributed by atoms with E-state index in [0.717, 1.165) is 32.4 Å². The van der Waals surface area contributed by atoms with E-state index in [1.165, 1.54) is 0 Å². The number of rotatable bonds is 6. The lowest BCUT2D eigenvalue weighted by atomic mass is 10.0. The van der Waals surface area contributed by atoms with Crippen LogP contribution in [-0.4, -0.2) is 43.3 Å². The van der Waals surface area contributed by atoms with E-state index in [1.54, 1.807) is 0 Å². The van der Waals surface area contributed by atoms with Gasteiger partial charge < -0.3 is 19.9 Å². The SMILES string of the molecule is CCCC(C)(O)CNCC1CCOCO1. The number of nitrogens with one attached hydrogen (secondary N) is 1. The minimum Gasteiger partial charge on any atom is -0.389 e. The first-order valence-corrected chi connectivity index (χ1v) is 5.76. The van der Waals surface area contributed by atoms with Gasteiger partial charge in [0.25, 0.3) is 0 Å². The Kier molecular flexibility index (Phi) is 5.53. The van der Waals surface area contributed by atoms with E-state index in [9.17, 15) is 5.11 Å². The monoisotopic (exact) mass is 217 g/mol. The lowest BCUT2D eigenvalue weighted by Crippen LogP contribution is -2.42. The van der Waals surface area contributed by atoms with Gasteiger partial charge in [0.05, 0.1) is 18.3 Å². The van der Waals surface area contributed by atoms with Crippen LogP contribution in [0.15, 0.2) is 0 Å². The Hall–Kier alpha value is -0.160. The van der Waals surface area contributed by atoms with Crippen LogP contribution in [0.1, 0.15) is 33.1 Å². The standard InChI is InChI=1S/C11H23NO3/c1-3-5-11(2,13)8-12-7-10-4-6-14-9-15-10/h10,12-13H,3-9H2,1-2H3. The summed E-state index contributed by atoms with van der Waals surface area (Å²) in [6, 6.07) is 0. The van der Waals surface area contributed by atoms with Gasteiger partial charge in [0.15, 0.2) is 0 Å². The summed E-state index contributed by atoms with van der Waals surface area (Å²) in [6.45, 7) is 6.55. The van der Waals surface area contributed by atoms with Gasteiger partial charge in [-0.15, -0.1) is 0 Å². The second-order valence-corrected chi connectivity index (χ2v) is 4.48. The Bertz CT molecular complexity index is 167. The zero-order chi connectivity index (χ0) is 11.1. The fourth-order valence-electron chi connectivity index (χ4n) is 1.79. The van der Waals surface area contributed by atoms with Crippen LogP contribution in [0.4, 0.5) is 0 Å². The van der Waals surface area contributed by atoms with Crippen molar-refractivity contribution in [2.24, 2.45) is 0 Å². The molecule has 0 spiro atoms. The molecular formula is C11H23NO3. The Balaban J connectivity index is 2.09. The highest BCUT2D eigenvalue weighted by molar-refractivity contribution is 4.76.